The van der Waals surface area contributed by atoms with Gasteiger partial charge in [-0.2, -0.15) is 5.10 Å². The Labute approximate surface area is 165 Å². The Morgan fingerprint density at radius 1 is 1.10 bits per heavy atom. The van der Waals surface area contributed by atoms with Gasteiger partial charge in [-0.1, -0.05) is 24.3 Å². The van der Waals surface area contributed by atoms with Crippen molar-refractivity contribution in [2.75, 3.05) is 6.61 Å². The molecule has 4 rings (SSSR count). The quantitative estimate of drug-likeness (QED) is 0.417. The summed E-state index contributed by atoms with van der Waals surface area (Å²) in [6.45, 7) is 1.77. The van der Waals surface area contributed by atoms with Gasteiger partial charge in [0, 0.05) is 12.1 Å². The highest BCUT2D eigenvalue weighted by Gasteiger charge is 2.27. The van der Waals surface area contributed by atoms with Gasteiger partial charge in [0.2, 0.25) is 6.10 Å². The number of hydrazone groups is 1. The maximum Gasteiger partial charge on any atom is 0.284 e. The maximum atomic E-state index is 12.4. The van der Waals surface area contributed by atoms with Crippen LogP contribution in [0.5, 0.6) is 11.5 Å². The fraction of sp³-hybridized carbons (Fsp3) is 0.143. The van der Waals surface area contributed by atoms with Crippen LogP contribution in [0, 0.1) is 10.1 Å². The van der Waals surface area contributed by atoms with Crippen molar-refractivity contribution in [1.29, 1.82) is 0 Å². The van der Waals surface area contributed by atoms with Crippen molar-refractivity contribution in [2.45, 2.75) is 13.0 Å². The molecule has 0 fully saturated rings. The summed E-state index contributed by atoms with van der Waals surface area (Å²) in [4.78, 5) is 22.7. The lowest BCUT2D eigenvalue weighted by atomic mass is 10.1. The first-order valence-electron chi connectivity index (χ1n) is 8.92. The number of hydrogen-bond acceptors (Lipinski definition) is 6. The summed E-state index contributed by atoms with van der Waals surface area (Å²) in [5.41, 5.74) is 3.63. The number of benzene rings is 3. The van der Waals surface area contributed by atoms with E-state index in [1.165, 1.54) is 12.1 Å². The molecule has 29 heavy (non-hydrogen) atoms. The number of nitro groups is 1. The monoisotopic (exact) mass is 391 g/mol. The molecular formula is C21H17N3O5. The van der Waals surface area contributed by atoms with E-state index < -0.39 is 16.9 Å². The topological polar surface area (TPSA) is 103 Å². The third kappa shape index (κ3) is 3.86. The van der Waals surface area contributed by atoms with Gasteiger partial charge in [0.05, 0.1) is 10.6 Å². The van der Waals surface area contributed by atoms with Crippen LogP contribution in [0.3, 0.4) is 0 Å². The lowest BCUT2D eigenvalue weighted by Crippen LogP contribution is -2.42. The van der Waals surface area contributed by atoms with E-state index in [1.807, 2.05) is 36.4 Å². The molecule has 3 aromatic carbocycles. The molecule has 0 spiro atoms. The molecule has 0 saturated carbocycles. The van der Waals surface area contributed by atoms with E-state index in [9.17, 15) is 14.9 Å². The second-order valence-corrected chi connectivity index (χ2v) is 6.54. The summed E-state index contributed by atoms with van der Waals surface area (Å²) in [5, 5.41) is 16.8. The van der Waals surface area contributed by atoms with Gasteiger partial charge in [0.1, 0.15) is 6.61 Å². The van der Waals surface area contributed by atoms with Crippen molar-refractivity contribution < 1.29 is 19.2 Å². The molecule has 0 unspecified atom stereocenters. The molecule has 8 nitrogen and oxygen atoms in total. The predicted molar refractivity (Wildman–Crippen MR) is 107 cm³/mol. The van der Waals surface area contributed by atoms with Crippen molar-refractivity contribution in [3.8, 4) is 11.5 Å². The molecule has 0 radical (unpaired) electrons. The van der Waals surface area contributed by atoms with Gasteiger partial charge in [-0.05, 0) is 47.5 Å². The van der Waals surface area contributed by atoms with Gasteiger partial charge in [0.15, 0.2) is 11.5 Å². The molecule has 3 aromatic rings. The van der Waals surface area contributed by atoms with E-state index in [1.54, 1.807) is 19.1 Å². The van der Waals surface area contributed by atoms with Crippen molar-refractivity contribution in [3.05, 3.63) is 76.3 Å². The van der Waals surface area contributed by atoms with Crippen LogP contribution in [0.1, 0.15) is 12.5 Å². The second-order valence-electron chi connectivity index (χ2n) is 6.54. The first-order chi connectivity index (χ1) is 14.0. The third-order valence-electron chi connectivity index (χ3n) is 4.59. The summed E-state index contributed by atoms with van der Waals surface area (Å²) in [6, 6.07) is 17.5. The average molecular weight is 391 g/mol. The smallest absolute Gasteiger partial charge is 0.284 e. The number of nitrogens with one attached hydrogen (secondary N) is 1. The van der Waals surface area contributed by atoms with Crippen LogP contribution in [0.25, 0.3) is 10.8 Å². The van der Waals surface area contributed by atoms with Crippen LogP contribution in [0.15, 0.2) is 65.8 Å². The van der Waals surface area contributed by atoms with E-state index in [0.29, 0.717) is 22.8 Å². The lowest BCUT2D eigenvalue weighted by molar-refractivity contribution is -0.384. The molecule has 1 aliphatic rings. The van der Waals surface area contributed by atoms with Crippen molar-refractivity contribution in [2.24, 2.45) is 5.10 Å². The maximum absolute atomic E-state index is 12.4. The zero-order valence-corrected chi connectivity index (χ0v) is 15.5. The van der Waals surface area contributed by atoms with E-state index in [0.717, 1.165) is 10.8 Å². The first kappa shape index (κ1) is 18.4. The van der Waals surface area contributed by atoms with Gasteiger partial charge in [0.25, 0.3) is 11.6 Å². The van der Waals surface area contributed by atoms with Crippen molar-refractivity contribution >= 4 is 28.1 Å². The molecule has 1 atom stereocenters. The van der Waals surface area contributed by atoms with E-state index >= 15 is 0 Å². The van der Waals surface area contributed by atoms with Gasteiger partial charge in [-0.25, -0.2) is 5.43 Å². The molecule has 8 heteroatoms. The fourth-order valence-corrected chi connectivity index (χ4v) is 2.99. The molecular weight excluding hydrogens is 374 g/mol. The van der Waals surface area contributed by atoms with E-state index in [-0.39, 0.29) is 12.3 Å². The first-order valence-corrected chi connectivity index (χ1v) is 8.92. The van der Waals surface area contributed by atoms with E-state index in [4.69, 9.17) is 9.47 Å². The van der Waals surface area contributed by atoms with Crippen LogP contribution in [0.2, 0.25) is 0 Å². The Balaban J connectivity index is 1.44. The standard InChI is InChI=1S/C21H17N3O5/c1-13(14-6-8-17(9-7-14)24(26)27)22-23-21(25)20-12-28-18-10-15-4-2-3-5-16(15)11-19(18)29-20/h2-11,20H,12H2,1H3,(H,23,25)/b22-13+/t20-/m0/s1. The summed E-state index contributed by atoms with van der Waals surface area (Å²) in [6.07, 6.45) is -0.836. The Morgan fingerprint density at radius 2 is 1.76 bits per heavy atom. The SMILES string of the molecule is C/C(=N\NC(=O)[C@@H]1COc2cc3ccccc3cc2O1)c1ccc([N+](=O)[O-])cc1. The largest absolute Gasteiger partial charge is 0.485 e. The lowest BCUT2D eigenvalue weighted by Gasteiger charge is -2.25. The summed E-state index contributed by atoms with van der Waals surface area (Å²) >= 11 is 0. The minimum absolute atomic E-state index is 0.00970. The number of carbonyl (C=O) groups excluding carboxylic acids is 1. The van der Waals surface area contributed by atoms with Gasteiger partial charge in [-0.15, -0.1) is 0 Å². The number of ether oxygens (including phenoxy) is 2. The molecule has 0 aliphatic carbocycles. The van der Waals surface area contributed by atoms with Gasteiger partial charge >= 0.3 is 0 Å². The number of rotatable bonds is 4. The molecule has 0 saturated heterocycles. The Hall–Kier alpha value is -3.94. The fourth-order valence-electron chi connectivity index (χ4n) is 2.99. The molecule has 0 bridgehead atoms. The molecule has 1 heterocycles. The highest BCUT2D eigenvalue weighted by molar-refractivity contribution is 5.99. The second kappa shape index (κ2) is 7.59. The van der Waals surface area contributed by atoms with Crippen LogP contribution >= 0.6 is 0 Å². The molecule has 1 aliphatic heterocycles. The number of fused-ring (bicyclic) bond motifs is 2. The molecule has 0 aromatic heterocycles. The number of non-ortho nitro benzene ring substituents is 1. The van der Waals surface area contributed by atoms with Crippen molar-refractivity contribution in [1.82, 2.24) is 5.43 Å². The summed E-state index contributed by atoms with van der Waals surface area (Å²) in [5.74, 6) is 0.662. The number of hydrogen-bond donors (Lipinski definition) is 1. The number of nitro benzene ring substituents is 1. The van der Waals surface area contributed by atoms with Crippen LogP contribution in [-0.4, -0.2) is 29.3 Å². The summed E-state index contributed by atoms with van der Waals surface area (Å²) in [7, 11) is 0. The van der Waals surface area contributed by atoms with Crippen molar-refractivity contribution in [3.63, 3.8) is 0 Å². The van der Waals surface area contributed by atoms with Gasteiger partial charge < -0.3 is 9.47 Å². The highest BCUT2D eigenvalue weighted by atomic mass is 16.6. The normalized spacial score (nSPS) is 15.8. The number of carbonyl (C=O) groups is 1. The Kier molecular flexibility index (Phi) is 4.82. The Bertz CT molecular complexity index is 1120. The van der Waals surface area contributed by atoms with Crippen LogP contribution in [0.4, 0.5) is 5.69 Å². The van der Waals surface area contributed by atoms with E-state index in [2.05, 4.69) is 10.5 Å². The summed E-state index contributed by atoms with van der Waals surface area (Å²) < 4.78 is 11.5. The highest BCUT2D eigenvalue weighted by Crippen LogP contribution is 2.35. The van der Waals surface area contributed by atoms with Crippen LogP contribution in [-0.2, 0) is 4.79 Å². The third-order valence-corrected chi connectivity index (χ3v) is 4.59. The molecule has 1 amide bonds. The zero-order chi connectivity index (χ0) is 20.4. The minimum atomic E-state index is -0.836. The number of nitrogens with zero attached hydrogens (tertiary/aromatic N) is 2. The van der Waals surface area contributed by atoms with Crippen LogP contribution < -0.4 is 14.9 Å². The van der Waals surface area contributed by atoms with Gasteiger partial charge in [-0.3, -0.25) is 14.9 Å². The number of amides is 1. The Morgan fingerprint density at radius 3 is 2.41 bits per heavy atom. The minimum Gasteiger partial charge on any atom is -0.485 e. The molecule has 146 valence electrons. The average Bonchev–Trinajstić information content (AvgIpc) is 2.75. The zero-order valence-electron chi connectivity index (χ0n) is 15.5. The molecule has 1 N–H and O–H groups in total. The predicted octanol–water partition coefficient (Wildman–Crippen LogP) is 3.43.